The molecule has 0 aliphatic carbocycles. The summed E-state index contributed by atoms with van der Waals surface area (Å²) in [5.41, 5.74) is 1.85. The van der Waals surface area contributed by atoms with E-state index in [1.54, 1.807) is 26.4 Å². The van der Waals surface area contributed by atoms with Gasteiger partial charge in [-0.2, -0.15) is 0 Å². The molecule has 0 spiro atoms. The van der Waals surface area contributed by atoms with Gasteiger partial charge in [0.25, 0.3) is 0 Å². The van der Waals surface area contributed by atoms with Crippen molar-refractivity contribution in [1.29, 1.82) is 0 Å². The van der Waals surface area contributed by atoms with Gasteiger partial charge in [-0.3, -0.25) is 0 Å². The maximum Gasteiger partial charge on any atom is 0.338 e. The SMILES string of the molecule is COC(=O)c1cc(OC)c2cc(-c3ccc(OC)cc3)oc2c1. The Morgan fingerprint density at radius 2 is 1.70 bits per heavy atom. The summed E-state index contributed by atoms with van der Waals surface area (Å²) in [5.74, 6) is 1.58. The zero-order valence-electron chi connectivity index (χ0n) is 13.1. The Labute approximate surface area is 133 Å². The minimum absolute atomic E-state index is 0.382. The Balaban J connectivity index is 2.11. The number of rotatable bonds is 4. The number of carbonyl (C=O) groups excluding carboxylic acids is 1. The summed E-state index contributed by atoms with van der Waals surface area (Å²) in [6.45, 7) is 0. The first-order chi connectivity index (χ1) is 11.2. The van der Waals surface area contributed by atoms with Crippen LogP contribution in [0.4, 0.5) is 0 Å². The van der Waals surface area contributed by atoms with E-state index < -0.39 is 5.97 Å². The molecule has 118 valence electrons. The molecule has 0 saturated carbocycles. The Morgan fingerprint density at radius 3 is 2.30 bits per heavy atom. The van der Waals surface area contributed by atoms with Crippen molar-refractivity contribution in [3.63, 3.8) is 0 Å². The van der Waals surface area contributed by atoms with Crippen LogP contribution in [-0.2, 0) is 4.74 Å². The van der Waals surface area contributed by atoms with E-state index in [-0.39, 0.29) is 0 Å². The highest BCUT2D eigenvalue weighted by molar-refractivity contribution is 5.97. The third-order valence-electron chi connectivity index (χ3n) is 3.62. The van der Waals surface area contributed by atoms with Gasteiger partial charge in [-0.05, 0) is 42.5 Å². The second kappa shape index (κ2) is 6.04. The van der Waals surface area contributed by atoms with E-state index in [9.17, 15) is 4.79 Å². The third kappa shape index (κ3) is 2.73. The average molecular weight is 312 g/mol. The number of carbonyl (C=O) groups is 1. The van der Waals surface area contributed by atoms with E-state index >= 15 is 0 Å². The van der Waals surface area contributed by atoms with Crippen molar-refractivity contribution in [2.24, 2.45) is 0 Å². The smallest absolute Gasteiger partial charge is 0.338 e. The van der Waals surface area contributed by atoms with E-state index in [4.69, 9.17) is 18.6 Å². The Kier molecular flexibility index (Phi) is 3.93. The molecule has 23 heavy (non-hydrogen) atoms. The molecular weight excluding hydrogens is 296 g/mol. The van der Waals surface area contributed by atoms with Gasteiger partial charge in [0.1, 0.15) is 22.8 Å². The van der Waals surface area contributed by atoms with E-state index in [0.717, 1.165) is 16.7 Å². The summed E-state index contributed by atoms with van der Waals surface area (Å²) in [5, 5.41) is 0.797. The standard InChI is InChI=1S/C18H16O5/c1-20-13-6-4-11(5-7-13)15-10-14-16(21-2)8-12(18(19)22-3)9-17(14)23-15/h4-10H,1-3H3. The van der Waals surface area contributed by atoms with E-state index in [1.807, 2.05) is 30.3 Å². The van der Waals surface area contributed by atoms with Gasteiger partial charge in [-0.15, -0.1) is 0 Å². The van der Waals surface area contributed by atoms with Gasteiger partial charge in [0, 0.05) is 5.56 Å². The van der Waals surface area contributed by atoms with Gasteiger partial charge < -0.3 is 18.6 Å². The number of hydrogen-bond acceptors (Lipinski definition) is 5. The van der Waals surface area contributed by atoms with Crippen LogP contribution in [0.3, 0.4) is 0 Å². The molecule has 0 amide bonds. The molecule has 0 unspecified atom stereocenters. The summed E-state index contributed by atoms with van der Waals surface area (Å²) in [7, 11) is 4.51. The summed E-state index contributed by atoms with van der Waals surface area (Å²) in [4.78, 5) is 11.7. The van der Waals surface area contributed by atoms with Gasteiger partial charge >= 0.3 is 5.97 Å². The van der Waals surface area contributed by atoms with Crippen molar-refractivity contribution in [2.75, 3.05) is 21.3 Å². The second-order valence-corrected chi connectivity index (χ2v) is 4.92. The number of esters is 1. The van der Waals surface area contributed by atoms with Crippen molar-refractivity contribution in [3.05, 3.63) is 48.0 Å². The zero-order chi connectivity index (χ0) is 16.4. The third-order valence-corrected chi connectivity index (χ3v) is 3.62. The molecule has 3 aromatic rings. The predicted molar refractivity (Wildman–Crippen MR) is 86.1 cm³/mol. The molecule has 0 N–H and O–H groups in total. The normalized spacial score (nSPS) is 10.6. The average Bonchev–Trinajstić information content (AvgIpc) is 3.04. The summed E-state index contributed by atoms with van der Waals surface area (Å²) in [6, 6.07) is 12.7. The number of benzene rings is 2. The Hall–Kier alpha value is -2.95. The molecule has 1 aromatic heterocycles. The second-order valence-electron chi connectivity index (χ2n) is 4.92. The van der Waals surface area contributed by atoms with Crippen molar-refractivity contribution in [1.82, 2.24) is 0 Å². The molecule has 0 bridgehead atoms. The molecule has 3 rings (SSSR count). The number of methoxy groups -OCH3 is 3. The van der Waals surface area contributed by atoms with Crippen LogP contribution >= 0.6 is 0 Å². The van der Waals surface area contributed by atoms with Crippen LogP contribution in [-0.4, -0.2) is 27.3 Å². The topological polar surface area (TPSA) is 57.9 Å². The van der Waals surface area contributed by atoms with Crippen molar-refractivity contribution in [3.8, 4) is 22.8 Å². The highest BCUT2D eigenvalue weighted by atomic mass is 16.5. The monoisotopic (exact) mass is 312 g/mol. The van der Waals surface area contributed by atoms with E-state index in [1.165, 1.54) is 7.11 Å². The van der Waals surface area contributed by atoms with Gasteiger partial charge in [0.05, 0.1) is 32.3 Å². The van der Waals surface area contributed by atoms with Crippen LogP contribution in [0.1, 0.15) is 10.4 Å². The minimum Gasteiger partial charge on any atom is -0.497 e. The molecule has 0 atom stereocenters. The zero-order valence-corrected chi connectivity index (χ0v) is 13.1. The fourth-order valence-electron chi connectivity index (χ4n) is 2.41. The summed E-state index contributed by atoms with van der Waals surface area (Å²) in [6.07, 6.45) is 0. The maximum atomic E-state index is 11.7. The molecule has 0 radical (unpaired) electrons. The number of furan rings is 1. The lowest BCUT2D eigenvalue weighted by atomic mass is 10.1. The first-order valence-corrected chi connectivity index (χ1v) is 7.00. The quantitative estimate of drug-likeness (QED) is 0.684. The molecule has 5 nitrogen and oxygen atoms in total. The Morgan fingerprint density at radius 1 is 0.957 bits per heavy atom. The van der Waals surface area contributed by atoms with Crippen molar-refractivity contribution in [2.45, 2.75) is 0 Å². The number of fused-ring (bicyclic) bond motifs is 1. The number of ether oxygens (including phenoxy) is 3. The molecule has 0 aliphatic heterocycles. The van der Waals surface area contributed by atoms with Gasteiger partial charge in [-0.1, -0.05) is 0 Å². The fourth-order valence-corrected chi connectivity index (χ4v) is 2.41. The van der Waals surface area contributed by atoms with Crippen LogP contribution in [0.5, 0.6) is 11.5 Å². The molecule has 2 aromatic carbocycles. The minimum atomic E-state index is -0.437. The van der Waals surface area contributed by atoms with Crippen LogP contribution < -0.4 is 9.47 Å². The molecule has 5 heteroatoms. The van der Waals surface area contributed by atoms with Crippen LogP contribution in [0.25, 0.3) is 22.3 Å². The van der Waals surface area contributed by atoms with Gasteiger partial charge in [0.15, 0.2) is 0 Å². The fraction of sp³-hybridized carbons (Fsp3) is 0.167. The molecule has 1 heterocycles. The Bertz CT molecular complexity index is 846. The molecule has 0 saturated heterocycles. The summed E-state index contributed by atoms with van der Waals surface area (Å²) < 4.78 is 21.1. The maximum absolute atomic E-state index is 11.7. The summed E-state index contributed by atoms with van der Waals surface area (Å²) >= 11 is 0. The van der Waals surface area contributed by atoms with Crippen LogP contribution in [0, 0.1) is 0 Å². The molecule has 0 fully saturated rings. The highest BCUT2D eigenvalue weighted by Gasteiger charge is 2.15. The lowest BCUT2D eigenvalue weighted by Gasteiger charge is -2.04. The van der Waals surface area contributed by atoms with Gasteiger partial charge in [0.2, 0.25) is 0 Å². The predicted octanol–water partition coefficient (Wildman–Crippen LogP) is 3.90. The van der Waals surface area contributed by atoms with Gasteiger partial charge in [-0.25, -0.2) is 4.79 Å². The van der Waals surface area contributed by atoms with E-state index in [0.29, 0.717) is 22.7 Å². The molecular formula is C18H16O5. The van der Waals surface area contributed by atoms with Crippen LogP contribution in [0.15, 0.2) is 46.9 Å². The van der Waals surface area contributed by atoms with E-state index in [2.05, 4.69) is 0 Å². The van der Waals surface area contributed by atoms with Crippen LogP contribution in [0.2, 0.25) is 0 Å². The first kappa shape index (κ1) is 15.0. The molecule has 0 aliphatic rings. The lowest BCUT2D eigenvalue weighted by molar-refractivity contribution is 0.0600. The number of hydrogen-bond donors (Lipinski definition) is 0. The first-order valence-electron chi connectivity index (χ1n) is 7.00. The largest absolute Gasteiger partial charge is 0.497 e. The highest BCUT2D eigenvalue weighted by Crippen LogP contribution is 2.35. The van der Waals surface area contributed by atoms with Crippen molar-refractivity contribution >= 4 is 16.9 Å². The lowest BCUT2D eigenvalue weighted by Crippen LogP contribution is -2.01. The van der Waals surface area contributed by atoms with Crippen molar-refractivity contribution < 1.29 is 23.4 Å².